The summed E-state index contributed by atoms with van der Waals surface area (Å²) in [7, 11) is 0. The minimum absolute atomic E-state index is 0.263. The summed E-state index contributed by atoms with van der Waals surface area (Å²) in [5.41, 5.74) is 0.571. The summed E-state index contributed by atoms with van der Waals surface area (Å²) in [6.07, 6.45) is 0. The number of thioether (sulfide) groups is 1. The number of anilines is 1. The SMILES string of the molecule is O=C(COc1cccc(F)c1)Nc1nnc(SCc2ccccc2F)s1. The molecule has 0 aliphatic rings. The second-order valence-electron chi connectivity index (χ2n) is 5.05. The van der Waals surface area contributed by atoms with Crippen LogP contribution in [0.15, 0.2) is 52.9 Å². The van der Waals surface area contributed by atoms with Crippen LogP contribution in [0, 0.1) is 11.6 Å². The predicted molar refractivity (Wildman–Crippen MR) is 96.4 cm³/mol. The van der Waals surface area contributed by atoms with E-state index in [1.807, 2.05) is 0 Å². The van der Waals surface area contributed by atoms with Crippen LogP contribution in [-0.2, 0) is 10.5 Å². The van der Waals surface area contributed by atoms with Gasteiger partial charge in [0.2, 0.25) is 5.13 Å². The van der Waals surface area contributed by atoms with E-state index in [4.69, 9.17) is 4.74 Å². The maximum Gasteiger partial charge on any atom is 0.264 e. The quantitative estimate of drug-likeness (QED) is 0.483. The van der Waals surface area contributed by atoms with Crippen LogP contribution in [0.3, 0.4) is 0 Å². The standard InChI is InChI=1S/C17H13F2N3O2S2/c18-12-5-3-6-13(8-12)24-9-15(23)20-16-21-22-17(26-16)25-10-11-4-1-2-7-14(11)19/h1-8H,9-10H2,(H,20,21,23). The van der Waals surface area contributed by atoms with Gasteiger partial charge in [-0.05, 0) is 23.8 Å². The molecule has 1 amide bonds. The first-order chi connectivity index (χ1) is 12.6. The Morgan fingerprint density at radius 3 is 2.81 bits per heavy atom. The van der Waals surface area contributed by atoms with Crippen LogP contribution in [0.1, 0.15) is 5.56 Å². The Kier molecular flexibility index (Phi) is 6.13. The molecule has 26 heavy (non-hydrogen) atoms. The first-order valence-electron chi connectivity index (χ1n) is 7.48. The number of hydrogen-bond acceptors (Lipinski definition) is 6. The van der Waals surface area contributed by atoms with Crippen LogP contribution in [-0.4, -0.2) is 22.7 Å². The Balaban J connectivity index is 1.48. The van der Waals surface area contributed by atoms with Crippen LogP contribution in [0.2, 0.25) is 0 Å². The van der Waals surface area contributed by atoms with E-state index in [-0.39, 0.29) is 18.2 Å². The molecule has 3 rings (SSSR count). The van der Waals surface area contributed by atoms with E-state index in [1.165, 1.54) is 47.4 Å². The lowest BCUT2D eigenvalue weighted by Gasteiger charge is -2.05. The van der Waals surface area contributed by atoms with Crippen molar-refractivity contribution in [2.45, 2.75) is 10.1 Å². The fourth-order valence-electron chi connectivity index (χ4n) is 1.93. The number of benzene rings is 2. The van der Waals surface area contributed by atoms with Gasteiger partial charge >= 0.3 is 0 Å². The second kappa shape index (κ2) is 8.72. The number of carbonyl (C=O) groups excluding carboxylic acids is 1. The fraction of sp³-hybridized carbons (Fsp3) is 0.118. The first-order valence-corrected chi connectivity index (χ1v) is 9.28. The first kappa shape index (κ1) is 18.3. The van der Waals surface area contributed by atoms with Gasteiger partial charge in [-0.3, -0.25) is 10.1 Å². The Morgan fingerprint density at radius 1 is 1.15 bits per heavy atom. The number of nitrogens with zero attached hydrogens (tertiary/aromatic N) is 2. The van der Waals surface area contributed by atoms with Crippen molar-refractivity contribution >= 4 is 34.1 Å². The molecule has 134 valence electrons. The number of rotatable bonds is 7. The Morgan fingerprint density at radius 2 is 2.00 bits per heavy atom. The number of carbonyl (C=O) groups is 1. The highest BCUT2D eigenvalue weighted by molar-refractivity contribution is 8.00. The molecule has 0 aliphatic heterocycles. The Labute approximate surface area is 156 Å². The summed E-state index contributed by atoms with van der Waals surface area (Å²) in [5, 5.41) is 10.7. The summed E-state index contributed by atoms with van der Waals surface area (Å²) >= 11 is 2.51. The van der Waals surface area contributed by atoms with E-state index in [2.05, 4.69) is 15.5 Å². The molecule has 9 heteroatoms. The molecular formula is C17H13F2N3O2S2. The van der Waals surface area contributed by atoms with Crippen molar-refractivity contribution in [3.05, 3.63) is 65.7 Å². The third-order valence-corrected chi connectivity index (χ3v) is 5.15. The van der Waals surface area contributed by atoms with Crippen molar-refractivity contribution in [3.8, 4) is 5.75 Å². The number of nitrogens with one attached hydrogen (secondary N) is 1. The van der Waals surface area contributed by atoms with E-state index in [0.717, 1.165) is 0 Å². The van der Waals surface area contributed by atoms with Crippen LogP contribution in [0.25, 0.3) is 0 Å². The third kappa shape index (κ3) is 5.24. The van der Waals surface area contributed by atoms with Crippen molar-refractivity contribution in [1.29, 1.82) is 0 Å². The van der Waals surface area contributed by atoms with Crippen LogP contribution in [0.5, 0.6) is 5.75 Å². The number of amides is 1. The van der Waals surface area contributed by atoms with Crippen molar-refractivity contribution in [1.82, 2.24) is 10.2 Å². The van der Waals surface area contributed by atoms with Crippen molar-refractivity contribution in [2.75, 3.05) is 11.9 Å². The van der Waals surface area contributed by atoms with Gasteiger partial charge in [0, 0.05) is 11.8 Å². The molecule has 0 aliphatic carbocycles. The third-order valence-electron chi connectivity index (χ3n) is 3.13. The number of ether oxygens (including phenoxy) is 1. The maximum atomic E-state index is 13.6. The summed E-state index contributed by atoms with van der Waals surface area (Å²) in [5.74, 6) is -0.469. The highest BCUT2D eigenvalue weighted by Gasteiger charge is 2.10. The lowest BCUT2D eigenvalue weighted by atomic mass is 10.2. The van der Waals surface area contributed by atoms with Gasteiger partial charge in [0.05, 0.1) is 0 Å². The largest absolute Gasteiger partial charge is 0.484 e. The van der Waals surface area contributed by atoms with Gasteiger partial charge in [-0.15, -0.1) is 10.2 Å². The van der Waals surface area contributed by atoms with Gasteiger partial charge in [-0.25, -0.2) is 8.78 Å². The molecule has 2 aromatic carbocycles. The van der Waals surface area contributed by atoms with Gasteiger partial charge in [-0.1, -0.05) is 47.4 Å². The summed E-state index contributed by atoms with van der Waals surface area (Å²) in [6.45, 7) is -0.277. The molecule has 0 unspecified atom stereocenters. The summed E-state index contributed by atoms with van der Waals surface area (Å²) in [4.78, 5) is 11.9. The van der Waals surface area contributed by atoms with Crippen molar-refractivity contribution < 1.29 is 18.3 Å². The fourth-order valence-corrected chi connectivity index (χ4v) is 3.69. The van der Waals surface area contributed by atoms with E-state index < -0.39 is 11.7 Å². The zero-order chi connectivity index (χ0) is 18.4. The predicted octanol–water partition coefficient (Wildman–Crippen LogP) is 4.13. The number of hydrogen-bond donors (Lipinski definition) is 1. The zero-order valence-electron chi connectivity index (χ0n) is 13.3. The van der Waals surface area contributed by atoms with E-state index in [1.54, 1.807) is 24.3 Å². The zero-order valence-corrected chi connectivity index (χ0v) is 14.9. The molecule has 1 aromatic heterocycles. The van der Waals surface area contributed by atoms with Gasteiger partial charge in [0.25, 0.3) is 5.91 Å². The minimum atomic E-state index is -0.441. The topological polar surface area (TPSA) is 64.1 Å². The summed E-state index contributed by atoms with van der Waals surface area (Å²) < 4.78 is 32.4. The summed E-state index contributed by atoms with van der Waals surface area (Å²) in [6, 6.07) is 12.0. The number of aromatic nitrogens is 2. The molecule has 1 heterocycles. The van der Waals surface area contributed by atoms with E-state index in [9.17, 15) is 13.6 Å². The van der Waals surface area contributed by atoms with Crippen LogP contribution < -0.4 is 10.1 Å². The highest BCUT2D eigenvalue weighted by atomic mass is 32.2. The van der Waals surface area contributed by atoms with Crippen LogP contribution in [0.4, 0.5) is 13.9 Å². The molecule has 0 spiro atoms. The van der Waals surface area contributed by atoms with E-state index >= 15 is 0 Å². The molecular weight excluding hydrogens is 380 g/mol. The molecule has 0 saturated carbocycles. The number of halogens is 2. The lowest BCUT2D eigenvalue weighted by Crippen LogP contribution is -2.20. The molecule has 5 nitrogen and oxygen atoms in total. The smallest absolute Gasteiger partial charge is 0.264 e. The second-order valence-corrected chi connectivity index (χ2v) is 7.25. The average molecular weight is 393 g/mol. The molecule has 0 radical (unpaired) electrons. The molecule has 1 N–H and O–H groups in total. The van der Waals surface area contributed by atoms with Crippen LogP contribution >= 0.6 is 23.1 Å². The van der Waals surface area contributed by atoms with Gasteiger partial charge in [0.15, 0.2) is 10.9 Å². The molecule has 3 aromatic rings. The maximum absolute atomic E-state index is 13.6. The van der Waals surface area contributed by atoms with Gasteiger partial charge in [0.1, 0.15) is 17.4 Å². The van der Waals surface area contributed by atoms with E-state index in [0.29, 0.717) is 20.8 Å². The lowest BCUT2D eigenvalue weighted by molar-refractivity contribution is -0.118. The molecule has 0 bridgehead atoms. The Bertz CT molecular complexity index is 905. The average Bonchev–Trinajstić information content (AvgIpc) is 3.07. The molecule has 0 atom stereocenters. The highest BCUT2D eigenvalue weighted by Crippen LogP contribution is 2.28. The van der Waals surface area contributed by atoms with Gasteiger partial charge in [-0.2, -0.15) is 0 Å². The van der Waals surface area contributed by atoms with Crippen molar-refractivity contribution in [3.63, 3.8) is 0 Å². The monoisotopic (exact) mass is 393 g/mol. The normalized spacial score (nSPS) is 10.5. The molecule has 0 fully saturated rings. The van der Waals surface area contributed by atoms with Crippen molar-refractivity contribution in [2.24, 2.45) is 0 Å². The minimum Gasteiger partial charge on any atom is -0.484 e. The Hall–Kier alpha value is -2.52. The molecule has 0 saturated heterocycles. The van der Waals surface area contributed by atoms with Gasteiger partial charge < -0.3 is 4.74 Å².